The van der Waals surface area contributed by atoms with Crippen molar-refractivity contribution >= 4 is 28.1 Å². The molecule has 0 heterocycles. The van der Waals surface area contributed by atoms with Crippen LogP contribution in [0.5, 0.6) is 0 Å². The fourth-order valence-electron chi connectivity index (χ4n) is 1.93. The average Bonchev–Trinajstić information content (AvgIpc) is 2.43. The predicted molar refractivity (Wildman–Crippen MR) is 86.7 cm³/mol. The molecule has 3 N–H and O–H groups in total. The van der Waals surface area contributed by atoms with Crippen LogP contribution in [0.2, 0.25) is 0 Å². The molecule has 5 heteroatoms. The Bertz CT molecular complexity index is 661. The molecule has 1 unspecified atom stereocenters. The van der Waals surface area contributed by atoms with Crippen LogP contribution in [0.4, 0.5) is 11.4 Å². The lowest BCUT2D eigenvalue weighted by molar-refractivity contribution is -0.113. The molecular formula is C16H18N2O2S. The van der Waals surface area contributed by atoms with E-state index in [4.69, 9.17) is 5.73 Å². The molecule has 110 valence electrons. The van der Waals surface area contributed by atoms with Gasteiger partial charge in [0.25, 0.3) is 0 Å². The number of amides is 1. The van der Waals surface area contributed by atoms with Gasteiger partial charge < -0.3 is 11.1 Å². The van der Waals surface area contributed by atoms with Crippen molar-refractivity contribution in [3.05, 3.63) is 53.6 Å². The molecule has 2 aromatic rings. The van der Waals surface area contributed by atoms with Crippen LogP contribution >= 0.6 is 0 Å². The van der Waals surface area contributed by atoms with Crippen molar-refractivity contribution in [1.29, 1.82) is 0 Å². The van der Waals surface area contributed by atoms with Crippen molar-refractivity contribution < 1.29 is 9.00 Å². The molecule has 1 amide bonds. The zero-order valence-electron chi connectivity index (χ0n) is 12.1. The standard InChI is InChI=1S/C16H18N2O2S/c1-11-6-8-13(9-7-11)21(20)10-15(19)18-16-12(2)4-3-5-14(16)17/h3-9H,10,17H2,1-2H3,(H,18,19). The number of nitrogens with one attached hydrogen (secondary N) is 1. The third kappa shape index (κ3) is 3.92. The first kappa shape index (κ1) is 15.3. The Morgan fingerprint density at radius 2 is 1.81 bits per heavy atom. The highest BCUT2D eigenvalue weighted by Gasteiger charge is 2.12. The number of carbonyl (C=O) groups is 1. The zero-order valence-corrected chi connectivity index (χ0v) is 12.9. The van der Waals surface area contributed by atoms with Gasteiger partial charge in [-0.2, -0.15) is 0 Å². The number of rotatable bonds is 4. The lowest BCUT2D eigenvalue weighted by Gasteiger charge is -2.11. The minimum atomic E-state index is -1.36. The number of hydrogen-bond donors (Lipinski definition) is 2. The van der Waals surface area contributed by atoms with Crippen LogP contribution in [0.25, 0.3) is 0 Å². The quantitative estimate of drug-likeness (QED) is 0.853. The van der Waals surface area contributed by atoms with E-state index in [1.165, 1.54) is 0 Å². The van der Waals surface area contributed by atoms with Crippen LogP contribution in [0, 0.1) is 13.8 Å². The minimum absolute atomic E-state index is 0.0865. The molecule has 0 saturated heterocycles. The van der Waals surface area contributed by atoms with Crippen molar-refractivity contribution in [2.75, 3.05) is 16.8 Å². The van der Waals surface area contributed by atoms with Crippen LogP contribution in [0.1, 0.15) is 11.1 Å². The number of para-hydroxylation sites is 1. The van der Waals surface area contributed by atoms with E-state index in [9.17, 15) is 9.00 Å². The molecule has 0 bridgehead atoms. The summed E-state index contributed by atoms with van der Waals surface area (Å²) in [4.78, 5) is 12.7. The van der Waals surface area contributed by atoms with Gasteiger partial charge in [-0.05, 0) is 37.6 Å². The topological polar surface area (TPSA) is 72.2 Å². The third-order valence-corrected chi connectivity index (χ3v) is 4.44. The molecule has 0 aliphatic heterocycles. The van der Waals surface area contributed by atoms with E-state index >= 15 is 0 Å². The number of carbonyl (C=O) groups excluding carboxylic acids is 1. The summed E-state index contributed by atoms with van der Waals surface area (Å²) in [6, 6.07) is 12.7. The number of nitrogen functional groups attached to an aromatic ring is 1. The maximum absolute atomic E-state index is 12.1. The summed E-state index contributed by atoms with van der Waals surface area (Å²) in [7, 11) is -1.36. The van der Waals surface area contributed by atoms with Gasteiger partial charge >= 0.3 is 0 Å². The van der Waals surface area contributed by atoms with E-state index in [1.807, 2.05) is 38.1 Å². The predicted octanol–water partition coefficient (Wildman–Crippen LogP) is 2.63. The first-order valence-corrected chi connectivity index (χ1v) is 7.89. The van der Waals surface area contributed by atoms with Crippen LogP contribution in [0.3, 0.4) is 0 Å². The maximum Gasteiger partial charge on any atom is 0.237 e. The van der Waals surface area contributed by atoms with Gasteiger partial charge in [0.15, 0.2) is 0 Å². The number of hydrogen-bond acceptors (Lipinski definition) is 3. The first-order valence-electron chi connectivity index (χ1n) is 6.57. The van der Waals surface area contributed by atoms with Gasteiger partial charge in [-0.1, -0.05) is 29.8 Å². The van der Waals surface area contributed by atoms with Gasteiger partial charge in [0.2, 0.25) is 5.91 Å². The van der Waals surface area contributed by atoms with E-state index < -0.39 is 10.8 Å². The van der Waals surface area contributed by atoms with Gasteiger partial charge in [0.05, 0.1) is 22.2 Å². The smallest absolute Gasteiger partial charge is 0.237 e. The highest BCUT2D eigenvalue weighted by atomic mass is 32.2. The van der Waals surface area contributed by atoms with E-state index in [-0.39, 0.29) is 11.7 Å². The van der Waals surface area contributed by atoms with Gasteiger partial charge in [-0.25, -0.2) is 0 Å². The molecule has 0 spiro atoms. The summed E-state index contributed by atoms with van der Waals surface area (Å²) < 4.78 is 12.1. The van der Waals surface area contributed by atoms with Gasteiger partial charge in [0, 0.05) is 4.90 Å². The Morgan fingerprint density at radius 1 is 1.14 bits per heavy atom. The number of benzene rings is 2. The molecule has 0 aromatic heterocycles. The Balaban J connectivity index is 2.05. The SMILES string of the molecule is Cc1ccc(S(=O)CC(=O)Nc2c(C)cccc2N)cc1. The van der Waals surface area contributed by atoms with Crippen LogP contribution in [-0.2, 0) is 15.6 Å². The Morgan fingerprint density at radius 3 is 2.43 bits per heavy atom. The number of nitrogens with two attached hydrogens (primary N) is 1. The molecule has 2 aromatic carbocycles. The first-order chi connectivity index (χ1) is 9.97. The molecule has 4 nitrogen and oxygen atoms in total. The lowest BCUT2D eigenvalue weighted by atomic mass is 10.1. The zero-order chi connectivity index (χ0) is 15.4. The second-order valence-electron chi connectivity index (χ2n) is 4.89. The van der Waals surface area contributed by atoms with Crippen LogP contribution in [0.15, 0.2) is 47.4 Å². The largest absolute Gasteiger partial charge is 0.397 e. The number of aryl methyl sites for hydroxylation is 2. The van der Waals surface area contributed by atoms with Crippen molar-refractivity contribution in [2.45, 2.75) is 18.7 Å². The molecule has 0 radical (unpaired) electrons. The third-order valence-electron chi connectivity index (χ3n) is 3.12. The van der Waals surface area contributed by atoms with Crippen molar-refractivity contribution in [3.8, 4) is 0 Å². The fraction of sp³-hybridized carbons (Fsp3) is 0.188. The highest BCUT2D eigenvalue weighted by molar-refractivity contribution is 7.85. The Kier molecular flexibility index (Phi) is 4.75. The molecule has 0 fully saturated rings. The molecule has 2 rings (SSSR count). The highest BCUT2D eigenvalue weighted by Crippen LogP contribution is 2.22. The van der Waals surface area contributed by atoms with Gasteiger partial charge in [-0.3, -0.25) is 9.00 Å². The van der Waals surface area contributed by atoms with Gasteiger partial charge in [-0.15, -0.1) is 0 Å². The molecule has 0 saturated carbocycles. The summed E-state index contributed by atoms with van der Waals surface area (Å²) in [6.07, 6.45) is 0. The molecule has 21 heavy (non-hydrogen) atoms. The average molecular weight is 302 g/mol. The monoisotopic (exact) mass is 302 g/mol. The maximum atomic E-state index is 12.1. The summed E-state index contributed by atoms with van der Waals surface area (Å²) in [5, 5.41) is 2.73. The van der Waals surface area contributed by atoms with Crippen molar-refractivity contribution in [1.82, 2.24) is 0 Å². The molecule has 1 atom stereocenters. The summed E-state index contributed by atoms with van der Waals surface area (Å²) in [6.45, 7) is 3.82. The second-order valence-corrected chi connectivity index (χ2v) is 6.34. The lowest BCUT2D eigenvalue weighted by Crippen LogP contribution is -2.20. The second kappa shape index (κ2) is 6.54. The number of anilines is 2. The fourth-order valence-corrected chi connectivity index (χ4v) is 2.85. The van der Waals surface area contributed by atoms with E-state index in [1.54, 1.807) is 18.2 Å². The normalized spacial score (nSPS) is 11.9. The van der Waals surface area contributed by atoms with Crippen LogP contribution < -0.4 is 11.1 Å². The van der Waals surface area contributed by atoms with E-state index in [0.717, 1.165) is 11.1 Å². The minimum Gasteiger partial charge on any atom is -0.397 e. The molecule has 0 aliphatic rings. The summed E-state index contributed by atoms with van der Waals surface area (Å²) in [5.74, 6) is -0.397. The summed E-state index contributed by atoms with van der Waals surface area (Å²) in [5.41, 5.74) is 8.90. The molecular weight excluding hydrogens is 284 g/mol. The Labute approximate surface area is 126 Å². The van der Waals surface area contributed by atoms with E-state index in [0.29, 0.717) is 16.3 Å². The van der Waals surface area contributed by atoms with Crippen molar-refractivity contribution in [2.24, 2.45) is 0 Å². The van der Waals surface area contributed by atoms with Crippen molar-refractivity contribution in [3.63, 3.8) is 0 Å². The summed E-state index contributed by atoms with van der Waals surface area (Å²) >= 11 is 0. The van der Waals surface area contributed by atoms with Crippen LogP contribution in [-0.4, -0.2) is 15.9 Å². The van der Waals surface area contributed by atoms with E-state index in [2.05, 4.69) is 5.32 Å². The molecule has 0 aliphatic carbocycles. The Hall–Kier alpha value is -2.14. The van der Waals surface area contributed by atoms with Gasteiger partial charge in [0.1, 0.15) is 5.75 Å².